The van der Waals surface area contributed by atoms with Gasteiger partial charge in [-0.05, 0) is 20.3 Å². The van der Waals surface area contributed by atoms with Crippen molar-refractivity contribution < 1.29 is 19.5 Å². The van der Waals surface area contributed by atoms with Gasteiger partial charge in [0, 0.05) is 6.04 Å². The monoisotopic (exact) mass is 245 g/mol. The summed E-state index contributed by atoms with van der Waals surface area (Å²) >= 11 is 0. The zero-order valence-corrected chi connectivity index (χ0v) is 10.2. The molecule has 3 amide bonds. The van der Waals surface area contributed by atoms with E-state index in [0.717, 1.165) is 0 Å². The van der Waals surface area contributed by atoms with E-state index in [0.29, 0.717) is 6.42 Å². The fourth-order valence-electron chi connectivity index (χ4n) is 1.08. The lowest BCUT2D eigenvalue weighted by Gasteiger charge is -2.24. The van der Waals surface area contributed by atoms with Crippen LogP contribution < -0.4 is 16.4 Å². The van der Waals surface area contributed by atoms with Crippen LogP contribution in [0.3, 0.4) is 0 Å². The summed E-state index contributed by atoms with van der Waals surface area (Å²) < 4.78 is 0. The molecule has 1 atom stereocenters. The molecule has 0 saturated carbocycles. The zero-order chi connectivity index (χ0) is 13.6. The van der Waals surface area contributed by atoms with Crippen LogP contribution in [0.4, 0.5) is 4.79 Å². The molecule has 0 aliphatic heterocycles. The molecule has 0 aromatic heterocycles. The minimum atomic E-state index is -1.18. The number of carbonyl (C=O) groups is 3. The minimum absolute atomic E-state index is 0.166. The summed E-state index contributed by atoms with van der Waals surface area (Å²) in [6.07, 6.45) is 0.317. The molecular weight excluding hydrogens is 226 g/mol. The molecule has 0 spiro atoms. The van der Waals surface area contributed by atoms with Gasteiger partial charge in [-0.15, -0.1) is 0 Å². The molecule has 0 bridgehead atoms. The maximum atomic E-state index is 11.5. The third kappa shape index (κ3) is 5.74. The fourth-order valence-corrected chi connectivity index (χ4v) is 1.08. The Morgan fingerprint density at radius 3 is 2.24 bits per heavy atom. The van der Waals surface area contributed by atoms with Crippen molar-refractivity contribution in [3.8, 4) is 0 Å². The first-order valence-electron chi connectivity index (χ1n) is 5.29. The number of amides is 3. The van der Waals surface area contributed by atoms with Crippen LogP contribution in [0.25, 0.3) is 0 Å². The van der Waals surface area contributed by atoms with Crippen molar-refractivity contribution in [1.29, 1.82) is 0 Å². The fraction of sp³-hybridized carbons (Fsp3) is 0.700. The molecule has 0 heterocycles. The first kappa shape index (κ1) is 15.2. The highest BCUT2D eigenvalue weighted by Gasteiger charge is 2.27. The van der Waals surface area contributed by atoms with E-state index in [1.165, 1.54) is 13.8 Å². The van der Waals surface area contributed by atoms with Crippen LogP contribution in [0.1, 0.15) is 33.6 Å². The molecule has 1 unspecified atom stereocenters. The zero-order valence-electron chi connectivity index (χ0n) is 10.2. The molecule has 0 aliphatic carbocycles. The standard InChI is InChI=1S/C10H19N3O4/c1-4-6(5-7(14)15)12-9(17)13-10(2,3)8(11)16/h6H,4-5H2,1-3H3,(H2,11,16)(H,14,15)(H2,12,13,17). The Morgan fingerprint density at radius 1 is 1.35 bits per heavy atom. The van der Waals surface area contributed by atoms with Gasteiger partial charge < -0.3 is 21.5 Å². The average Bonchev–Trinajstić information content (AvgIpc) is 2.14. The number of carboxylic acids is 1. The summed E-state index contributed by atoms with van der Waals surface area (Å²) in [5.41, 5.74) is 3.91. The largest absolute Gasteiger partial charge is 0.481 e. The number of rotatable bonds is 6. The van der Waals surface area contributed by atoms with Crippen molar-refractivity contribution in [2.45, 2.75) is 45.2 Å². The van der Waals surface area contributed by atoms with Gasteiger partial charge in [0.25, 0.3) is 0 Å². The summed E-state index contributed by atoms with van der Waals surface area (Å²) in [6, 6.07) is -1.09. The molecule has 0 rings (SSSR count). The molecule has 0 aliphatic rings. The van der Waals surface area contributed by atoms with Crippen LogP contribution in [0, 0.1) is 0 Å². The van der Waals surface area contributed by atoms with E-state index in [1.807, 2.05) is 0 Å². The Balaban J connectivity index is 4.34. The Kier molecular flexibility index (Phi) is 5.43. The second-order valence-corrected chi connectivity index (χ2v) is 4.29. The van der Waals surface area contributed by atoms with Crippen molar-refractivity contribution in [2.24, 2.45) is 5.73 Å². The molecule has 98 valence electrons. The highest BCUT2D eigenvalue weighted by molar-refractivity contribution is 5.89. The van der Waals surface area contributed by atoms with E-state index in [1.54, 1.807) is 6.92 Å². The van der Waals surface area contributed by atoms with Gasteiger partial charge in [0.1, 0.15) is 5.54 Å². The molecule has 7 nitrogen and oxygen atoms in total. The number of aliphatic carboxylic acids is 1. The number of hydrogen-bond donors (Lipinski definition) is 4. The lowest BCUT2D eigenvalue weighted by molar-refractivity contribution is -0.137. The van der Waals surface area contributed by atoms with Crippen LogP contribution in [-0.2, 0) is 9.59 Å². The van der Waals surface area contributed by atoms with Gasteiger partial charge in [0.05, 0.1) is 6.42 Å². The number of hydrogen-bond acceptors (Lipinski definition) is 3. The van der Waals surface area contributed by atoms with Gasteiger partial charge in [-0.25, -0.2) is 4.79 Å². The Labute approximate surface area is 99.7 Å². The van der Waals surface area contributed by atoms with E-state index in [4.69, 9.17) is 10.8 Å². The Hall–Kier alpha value is -1.79. The molecule has 0 fully saturated rings. The van der Waals surface area contributed by atoms with Crippen LogP contribution >= 0.6 is 0 Å². The smallest absolute Gasteiger partial charge is 0.315 e. The minimum Gasteiger partial charge on any atom is -0.481 e. The van der Waals surface area contributed by atoms with Crippen molar-refractivity contribution in [1.82, 2.24) is 10.6 Å². The van der Waals surface area contributed by atoms with Crippen molar-refractivity contribution in [2.75, 3.05) is 0 Å². The van der Waals surface area contributed by atoms with Crippen LogP contribution in [-0.4, -0.2) is 34.6 Å². The third-order valence-electron chi connectivity index (χ3n) is 2.29. The van der Waals surface area contributed by atoms with E-state index in [-0.39, 0.29) is 6.42 Å². The van der Waals surface area contributed by atoms with Gasteiger partial charge in [-0.3, -0.25) is 9.59 Å². The van der Waals surface area contributed by atoms with E-state index in [9.17, 15) is 14.4 Å². The highest BCUT2D eigenvalue weighted by atomic mass is 16.4. The van der Waals surface area contributed by atoms with Crippen LogP contribution in [0.2, 0.25) is 0 Å². The summed E-state index contributed by atoms with van der Waals surface area (Å²) in [6.45, 7) is 4.69. The maximum Gasteiger partial charge on any atom is 0.315 e. The molecule has 7 heteroatoms. The quantitative estimate of drug-likeness (QED) is 0.517. The second kappa shape index (κ2) is 6.07. The second-order valence-electron chi connectivity index (χ2n) is 4.29. The summed E-state index contributed by atoms with van der Waals surface area (Å²) in [5, 5.41) is 13.4. The van der Waals surface area contributed by atoms with Crippen LogP contribution in [0.15, 0.2) is 0 Å². The first-order chi connectivity index (χ1) is 7.69. The SMILES string of the molecule is CCC(CC(=O)O)NC(=O)NC(C)(C)C(N)=O. The van der Waals surface area contributed by atoms with E-state index in [2.05, 4.69) is 10.6 Å². The number of urea groups is 1. The molecule has 5 N–H and O–H groups in total. The van der Waals surface area contributed by atoms with Gasteiger partial charge in [0.2, 0.25) is 5.91 Å². The summed E-state index contributed by atoms with van der Waals surface area (Å²) in [7, 11) is 0. The lowest BCUT2D eigenvalue weighted by Crippen LogP contribution is -2.57. The number of carboxylic acid groups (broad SMARTS) is 1. The van der Waals surface area contributed by atoms with E-state index >= 15 is 0 Å². The Bertz CT molecular complexity index is 315. The van der Waals surface area contributed by atoms with Crippen molar-refractivity contribution in [3.63, 3.8) is 0 Å². The Morgan fingerprint density at radius 2 is 1.88 bits per heavy atom. The lowest BCUT2D eigenvalue weighted by atomic mass is 10.1. The predicted octanol–water partition coefficient (Wildman–Crippen LogP) is -0.197. The highest BCUT2D eigenvalue weighted by Crippen LogP contribution is 2.01. The average molecular weight is 245 g/mol. The molecular formula is C10H19N3O4. The number of nitrogens with one attached hydrogen (secondary N) is 2. The van der Waals surface area contributed by atoms with Gasteiger partial charge >= 0.3 is 12.0 Å². The number of nitrogens with two attached hydrogens (primary N) is 1. The maximum absolute atomic E-state index is 11.5. The van der Waals surface area contributed by atoms with Gasteiger partial charge in [-0.1, -0.05) is 6.92 Å². The summed E-state index contributed by atoms with van der Waals surface area (Å²) in [4.78, 5) is 33.0. The molecule has 0 saturated heterocycles. The molecule has 0 aromatic rings. The summed E-state index contributed by atoms with van der Waals surface area (Å²) in [5.74, 6) is -1.66. The topological polar surface area (TPSA) is 122 Å². The molecule has 0 aromatic carbocycles. The third-order valence-corrected chi connectivity index (χ3v) is 2.29. The molecule has 17 heavy (non-hydrogen) atoms. The van der Waals surface area contributed by atoms with E-state index < -0.39 is 29.5 Å². The molecule has 0 radical (unpaired) electrons. The normalized spacial score (nSPS) is 12.6. The predicted molar refractivity (Wildman–Crippen MR) is 61.3 cm³/mol. The van der Waals surface area contributed by atoms with Crippen molar-refractivity contribution in [3.05, 3.63) is 0 Å². The number of carbonyl (C=O) groups excluding carboxylic acids is 2. The van der Waals surface area contributed by atoms with Gasteiger partial charge in [-0.2, -0.15) is 0 Å². The van der Waals surface area contributed by atoms with Gasteiger partial charge in [0.15, 0.2) is 0 Å². The van der Waals surface area contributed by atoms with Crippen molar-refractivity contribution >= 4 is 17.9 Å². The van der Waals surface area contributed by atoms with Crippen LogP contribution in [0.5, 0.6) is 0 Å². The first-order valence-corrected chi connectivity index (χ1v) is 5.29. The number of primary amides is 1.